The number of rotatable bonds is 2. The van der Waals surface area contributed by atoms with E-state index in [2.05, 4.69) is 10.3 Å². The average molecular weight is 209 g/mol. The molecule has 0 bridgehead atoms. The molecule has 2 heterocycles. The maximum absolute atomic E-state index is 13.3. The van der Waals surface area contributed by atoms with Crippen LogP contribution in [0.2, 0.25) is 0 Å². The molecule has 0 spiro atoms. The van der Waals surface area contributed by atoms with Crippen LogP contribution in [0, 0.1) is 5.82 Å². The molecule has 1 saturated heterocycles. The zero-order valence-electron chi connectivity index (χ0n) is 8.40. The topological polar surface area (TPSA) is 45.2 Å². The first kappa shape index (κ1) is 10.0. The molecule has 2 rings (SSSR count). The fourth-order valence-electron chi connectivity index (χ4n) is 1.45. The summed E-state index contributed by atoms with van der Waals surface area (Å²) >= 11 is 0. The molecule has 1 N–H and O–H groups in total. The number of amides is 1. The zero-order valence-corrected chi connectivity index (χ0v) is 8.40. The Morgan fingerprint density at radius 3 is 2.93 bits per heavy atom. The van der Waals surface area contributed by atoms with Gasteiger partial charge in [-0.2, -0.15) is 0 Å². The van der Waals surface area contributed by atoms with Gasteiger partial charge in [-0.1, -0.05) is 0 Å². The Balaban J connectivity index is 2.16. The van der Waals surface area contributed by atoms with Crippen LogP contribution in [0.25, 0.3) is 0 Å². The molecular formula is C10H12FN3O. The van der Waals surface area contributed by atoms with Crippen LogP contribution >= 0.6 is 0 Å². The Bertz CT molecular complexity index is 379. The molecule has 1 amide bonds. The molecule has 0 unspecified atom stereocenters. The van der Waals surface area contributed by atoms with Gasteiger partial charge in [0.25, 0.3) is 5.91 Å². The summed E-state index contributed by atoms with van der Waals surface area (Å²) in [5, 5.41) is 3.06. The summed E-state index contributed by atoms with van der Waals surface area (Å²) in [5.74, 6) is -0.858. The Morgan fingerprint density at radius 2 is 2.40 bits per heavy atom. The van der Waals surface area contributed by atoms with Gasteiger partial charge >= 0.3 is 0 Å². The number of hydrogen-bond acceptors (Lipinski definition) is 3. The SMILES string of the molecule is CN(C(=O)c1ccncc1F)C1CNC1. The second-order valence-corrected chi connectivity index (χ2v) is 3.58. The summed E-state index contributed by atoms with van der Waals surface area (Å²) in [6.07, 6.45) is 2.48. The van der Waals surface area contributed by atoms with Crippen molar-refractivity contribution in [2.24, 2.45) is 0 Å². The molecule has 4 nitrogen and oxygen atoms in total. The third kappa shape index (κ3) is 1.83. The van der Waals surface area contributed by atoms with Crippen molar-refractivity contribution in [1.82, 2.24) is 15.2 Å². The first-order chi connectivity index (χ1) is 7.20. The van der Waals surface area contributed by atoms with Gasteiger partial charge in [0.05, 0.1) is 17.8 Å². The molecule has 15 heavy (non-hydrogen) atoms. The summed E-state index contributed by atoms with van der Waals surface area (Å²) < 4.78 is 13.3. The zero-order chi connectivity index (χ0) is 10.8. The number of likely N-dealkylation sites (N-methyl/N-ethyl adjacent to an activating group) is 1. The normalized spacial score (nSPS) is 15.9. The lowest BCUT2D eigenvalue weighted by molar-refractivity contribution is 0.0676. The maximum atomic E-state index is 13.3. The lowest BCUT2D eigenvalue weighted by Crippen LogP contribution is -2.57. The summed E-state index contributed by atoms with van der Waals surface area (Å²) in [6.45, 7) is 1.55. The van der Waals surface area contributed by atoms with Crippen LogP contribution in [0.3, 0.4) is 0 Å². The smallest absolute Gasteiger partial charge is 0.257 e. The van der Waals surface area contributed by atoms with Crippen LogP contribution < -0.4 is 5.32 Å². The Hall–Kier alpha value is -1.49. The molecule has 0 atom stereocenters. The fraction of sp³-hybridized carbons (Fsp3) is 0.400. The molecule has 80 valence electrons. The molecule has 0 radical (unpaired) electrons. The minimum atomic E-state index is -0.568. The molecular weight excluding hydrogens is 197 g/mol. The molecule has 1 aliphatic rings. The van der Waals surface area contributed by atoms with Gasteiger partial charge in [-0.15, -0.1) is 0 Å². The molecule has 1 aromatic heterocycles. The second kappa shape index (κ2) is 3.94. The predicted molar refractivity (Wildman–Crippen MR) is 52.9 cm³/mol. The van der Waals surface area contributed by atoms with Crippen LogP contribution in [0.4, 0.5) is 4.39 Å². The average Bonchev–Trinajstić information content (AvgIpc) is 2.15. The number of halogens is 1. The Labute approximate surface area is 87.1 Å². The number of nitrogens with one attached hydrogen (secondary N) is 1. The van der Waals surface area contributed by atoms with Gasteiger partial charge in [0.2, 0.25) is 0 Å². The summed E-state index contributed by atoms with van der Waals surface area (Å²) in [7, 11) is 1.69. The maximum Gasteiger partial charge on any atom is 0.257 e. The van der Waals surface area contributed by atoms with Gasteiger partial charge in [-0.05, 0) is 6.07 Å². The lowest BCUT2D eigenvalue weighted by Gasteiger charge is -2.35. The summed E-state index contributed by atoms with van der Waals surface area (Å²) in [6, 6.07) is 1.57. The summed E-state index contributed by atoms with van der Waals surface area (Å²) in [4.78, 5) is 17.0. The Morgan fingerprint density at radius 1 is 1.67 bits per heavy atom. The van der Waals surface area contributed by atoms with E-state index in [1.54, 1.807) is 11.9 Å². The van der Waals surface area contributed by atoms with Gasteiger partial charge in [0, 0.05) is 26.3 Å². The minimum absolute atomic E-state index is 0.0828. The van der Waals surface area contributed by atoms with Crippen molar-refractivity contribution in [1.29, 1.82) is 0 Å². The molecule has 1 aliphatic heterocycles. The molecule has 1 fully saturated rings. The number of hydrogen-bond donors (Lipinski definition) is 1. The molecule has 1 aromatic rings. The van der Waals surface area contributed by atoms with Crippen molar-refractivity contribution >= 4 is 5.91 Å². The van der Waals surface area contributed by atoms with Gasteiger partial charge in [0.1, 0.15) is 0 Å². The highest BCUT2D eigenvalue weighted by Crippen LogP contribution is 2.11. The van der Waals surface area contributed by atoms with E-state index < -0.39 is 5.82 Å². The highest BCUT2D eigenvalue weighted by atomic mass is 19.1. The second-order valence-electron chi connectivity index (χ2n) is 3.58. The van der Waals surface area contributed by atoms with Gasteiger partial charge in [-0.25, -0.2) is 4.39 Å². The van der Waals surface area contributed by atoms with Crippen molar-refractivity contribution in [3.8, 4) is 0 Å². The predicted octanol–water partition coefficient (Wildman–Crippen LogP) is 0.265. The van der Waals surface area contributed by atoms with Crippen molar-refractivity contribution in [2.75, 3.05) is 20.1 Å². The molecule has 0 aromatic carbocycles. The third-order valence-electron chi connectivity index (χ3n) is 2.63. The van der Waals surface area contributed by atoms with E-state index in [0.29, 0.717) is 0 Å². The number of carbonyl (C=O) groups is 1. The number of aromatic nitrogens is 1. The van der Waals surface area contributed by atoms with Crippen LogP contribution in [-0.2, 0) is 0 Å². The largest absolute Gasteiger partial charge is 0.336 e. The van der Waals surface area contributed by atoms with E-state index in [4.69, 9.17) is 0 Å². The van der Waals surface area contributed by atoms with Gasteiger partial charge < -0.3 is 10.2 Å². The number of pyridine rings is 1. The van der Waals surface area contributed by atoms with Gasteiger partial charge in [0.15, 0.2) is 5.82 Å². The standard InChI is InChI=1S/C10H12FN3O/c1-14(7-4-13-5-7)10(15)8-2-3-12-6-9(8)11/h2-3,6-7,13H,4-5H2,1H3. The number of carbonyl (C=O) groups excluding carboxylic acids is 1. The van der Waals surface area contributed by atoms with Crippen LogP contribution in [0.15, 0.2) is 18.5 Å². The monoisotopic (exact) mass is 209 g/mol. The first-order valence-electron chi connectivity index (χ1n) is 4.77. The van der Waals surface area contributed by atoms with Crippen molar-refractivity contribution < 1.29 is 9.18 Å². The highest BCUT2D eigenvalue weighted by molar-refractivity contribution is 5.94. The minimum Gasteiger partial charge on any atom is -0.336 e. The van der Waals surface area contributed by atoms with E-state index in [-0.39, 0.29) is 17.5 Å². The first-order valence-corrected chi connectivity index (χ1v) is 4.77. The third-order valence-corrected chi connectivity index (χ3v) is 2.63. The quantitative estimate of drug-likeness (QED) is 0.760. The van der Waals surface area contributed by atoms with Crippen LogP contribution in [-0.4, -0.2) is 42.0 Å². The van der Waals surface area contributed by atoms with Crippen LogP contribution in [0.1, 0.15) is 10.4 Å². The van der Waals surface area contributed by atoms with Crippen molar-refractivity contribution in [2.45, 2.75) is 6.04 Å². The van der Waals surface area contributed by atoms with E-state index in [0.717, 1.165) is 19.3 Å². The molecule has 0 saturated carbocycles. The van der Waals surface area contributed by atoms with Crippen LogP contribution in [0.5, 0.6) is 0 Å². The van der Waals surface area contributed by atoms with E-state index in [9.17, 15) is 9.18 Å². The van der Waals surface area contributed by atoms with E-state index in [1.165, 1.54) is 12.3 Å². The summed E-state index contributed by atoms with van der Waals surface area (Å²) in [5.41, 5.74) is 0.0828. The van der Waals surface area contributed by atoms with Crippen molar-refractivity contribution in [3.05, 3.63) is 29.8 Å². The highest BCUT2D eigenvalue weighted by Gasteiger charge is 2.27. The molecule has 0 aliphatic carbocycles. The van der Waals surface area contributed by atoms with E-state index in [1.807, 2.05) is 0 Å². The Kier molecular flexibility index (Phi) is 2.64. The lowest BCUT2D eigenvalue weighted by atomic mass is 10.1. The molecule has 5 heteroatoms. The van der Waals surface area contributed by atoms with E-state index >= 15 is 0 Å². The van der Waals surface area contributed by atoms with Crippen molar-refractivity contribution in [3.63, 3.8) is 0 Å². The number of nitrogens with zero attached hydrogens (tertiary/aromatic N) is 2. The van der Waals surface area contributed by atoms with Gasteiger partial charge in [-0.3, -0.25) is 9.78 Å². The fourth-order valence-corrected chi connectivity index (χ4v) is 1.45.